The van der Waals surface area contributed by atoms with Gasteiger partial charge in [0.2, 0.25) is 0 Å². The largest absolute Gasteiger partial charge is 0.478 e. The monoisotopic (exact) mass is 277 g/mol. The Morgan fingerprint density at radius 2 is 2.15 bits per heavy atom. The first-order chi connectivity index (χ1) is 9.66. The first-order valence-electron chi connectivity index (χ1n) is 6.54. The summed E-state index contributed by atoms with van der Waals surface area (Å²) < 4.78 is 10.7. The second kappa shape index (κ2) is 5.22. The van der Waals surface area contributed by atoms with E-state index in [1.54, 1.807) is 17.0 Å². The third kappa shape index (κ3) is 2.28. The number of aromatic carboxylic acids is 1. The summed E-state index contributed by atoms with van der Waals surface area (Å²) in [5, 5.41) is 8.98. The van der Waals surface area contributed by atoms with Crippen molar-refractivity contribution in [3.8, 4) is 0 Å². The molecule has 2 aliphatic heterocycles. The number of carbonyl (C=O) groups is 2. The molecule has 1 N–H and O–H groups in total. The fraction of sp³-hybridized carbons (Fsp3) is 0.429. The number of benzene rings is 1. The minimum Gasteiger partial charge on any atom is -0.478 e. The molecule has 0 aliphatic carbocycles. The van der Waals surface area contributed by atoms with Gasteiger partial charge >= 0.3 is 5.97 Å². The minimum absolute atomic E-state index is 0.119. The molecule has 1 fully saturated rings. The Balaban J connectivity index is 1.81. The average Bonchev–Trinajstić information content (AvgIpc) is 2.90. The topological polar surface area (TPSA) is 76.1 Å². The molecule has 0 radical (unpaired) electrons. The molecular formula is C14H15NO5. The number of fused-ring (bicyclic) bond motifs is 1. The number of carboxylic acid groups (broad SMARTS) is 1. The van der Waals surface area contributed by atoms with E-state index in [-0.39, 0.29) is 18.1 Å². The third-order valence-corrected chi connectivity index (χ3v) is 3.58. The van der Waals surface area contributed by atoms with Crippen LogP contribution in [-0.2, 0) is 20.7 Å². The molecule has 1 atom stereocenters. The summed E-state index contributed by atoms with van der Waals surface area (Å²) in [6.07, 6.45) is 0.101. The van der Waals surface area contributed by atoms with Crippen molar-refractivity contribution in [2.75, 3.05) is 31.3 Å². The molecule has 0 spiro atoms. The lowest BCUT2D eigenvalue weighted by molar-refractivity contribution is -0.144. The van der Waals surface area contributed by atoms with Crippen molar-refractivity contribution < 1.29 is 24.2 Å². The molecule has 2 heterocycles. The van der Waals surface area contributed by atoms with Crippen LogP contribution in [0, 0.1) is 0 Å². The van der Waals surface area contributed by atoms with Crippen LogP contribution in [0.1, 0.15) is 15.9 Å². The molecule has 2 aliphatic rings. The third-order valence-electron chi connectivity index (χ3n) is 3.58. The smallest absolute Gasteiger partial charge is 0.335 e. The van der Waals surface area contributed by atoms with E-state index in [4.69, 9.17) is 14.6 Å². The van der Waals surface area contributed by atoms with Crippen molar-refractivity contribution in [1.29, 1.82) is 0 Å². The fourth-order valence-electron chi connectivity index (χ4n) is 2.57. The van der Waals surface area contributed by atoms with Gasteiger partial charge < -0.3 is 19.5 Å². The van der Waals surface area contributed by atoms with E-state index in [1.807, 2.05) is 0 Å². The van der Waals surface area contributed by atoms with Gasteiger partial charge in [-0.25, -0.2) is 4.79 Å². The second-order valence-electron chi connectivity index (χ2n) is 4.82. The quantitative estimate of drug-likeness (QED) is 0.860. The molecule has 0 bridgehead atoms. The lowest BCUT2D eigenvalue weighted by atomic mass is 10.1. The predicted molar refractivity (Wildman–Crippen MR) is 70.0 cm³/mol. The Labute approximate surface area is 115 Å². The van der Waals surface area contributed by atoms with Gasteiger partial charge in [-0.2, -0.15) is 0 Å². The molecular weight excluding hydrogens is 262 g/mol. The standard InChI is InChI=1S/C14H15NO5/c16-13(12-8-19-5-6-20-12)15-4-3-9-7-10(14(17)18)1-2-11(9)15/h1-2,7,12H,3-6,8H2,(H,17,18). The molecule has 1 unspecified atom stereocenters. The van der Waals surface area contributed by atoms with E-state index in [2.05, 4.69) is 0 Å². The Bertz CT molecular complexity index is 550. The predicted octanol–water partition coefficient (Wildman–Crippen LogP) is 0.689. The number of hydrogen-bond acceptors (Lipinski definition) is 4. The van der Waals surface area contributed by atoms with Crippen LogP contribution in [0.5, 0.6) is 0 Å². The number of anilines is 1. The summed E-state index contributed by atoms with van der Waals surface area (Å²) in [4.78, 5) is 25.0. The molecule has 3 rings (SSSR count). The van der Waals surface area contributed by atoms with Crippen molar-refractivity contribution in [2.45, 2.75) is 12.5 Å². The van der Waals surface area contributed by atoms with E-state index in [9.17, 15) is 9.59 Å². The Morgan fingerprint density at radius 3 is 2.85 bits per heavy atom. The van der Waals surface area contributed by atoms with Crippen molar-refractivity contribution in [2.24, 2.45) is 0 Å². The normalized spacial score (nSPS) is 21.6. The van der Waals surface area contributed by atoms with E-state index in [0.717, 1.165) is 11.3 Å². The summed E-state index contributed by atoms with van der Waals surface area (Å²) in [5.41, 5.74) is 1.90. The van der Waals surface area contributed by atoms with Gasteiger partial charge in [0.05, 0.1) is 25.4 Å². The van der Waals surface area contributed by atoms with E-state index in [0.29, 0.717) is 26.2 Å². The maximum absolute atomic E-state index is 12.4. The SMILES string of the molecule is O=C(O)c1ccc2c(c1)CCN2C(=O)C1COCCO1. The molecule has 0 aromatic heterocycles. The lowest BCUT2D eigenvalue weighted by Crippen LogP contribution is -2.44. The second-order valence-corrected chi connectivity index (χ2v) is 4.82. The lowest BCUT2D eigenvalue weighted by Gasteiger charge is -2.27. The minimum atomic E-state index is -0.957. The maximum Gasteiger partial charge on any atom is 0.335 e. The van der Waals surface area contributed by atoms with Crippen molar-refractivity contribution in [3.63, 3.8) is 0 Å². The van der Waals surface area contributed by atoms with Crippen LogP contribution < -0.4 is 4.90 Å². The number of carboxylic acids is 1. The highest BCUT2D eigenvalue weighted by molar-refractivity contribution is 5.99. The number of rotatable bonds is 2. The number of carbonyl (C=O) groups excluding carboxylic acids is 1. The summed E-state index contributed by atoms with van der Waals surface area (Å²) in [7, 11) is 0. The molecule has 1 amide bonds. The van der Waals surface area contributed by atoms with Crippen LogP contribution in [0.3, 0.4) is 0 Å². The molecule has 106 valence electrons. The number of hydrogen-bond donors (Lipinski definition) is 1. The first-order valence-corrected chi connectivity index (χ1v) is 6.54. The van der Waals surface area contributed by atoms with E-state index >= 15 is 0 Å². The van der Waals surface area contributed by atoms with Gasteiger partial charge in [-0.3, -0.25) is 4.79 Å². The number of amides is 1. The van der Waals surface area contributed by atoms with Gasteiger partial charge in [-0.15, -0.1) is 0 Å². The fourth-order valence-corrected chi connectivity index (χ4v) is 2.57. The Kier molecular flexibility index (Phi) is 3.42. The number of nitrogens with zero attached hydrogens (tertiary/aromatic N) is 1. The van der Waals surface area contributed by atoms with Crippen molar-refractivity contribution in [1.82, 2.24) is 0 Å². The van der Waals surface area contributed by atoms with Gasteiger partial charge in [-0.1, -0.05) is 0 Å². The van der Waals surface area contributed by atoms with Gasteiger partial charge in [0, 0.05) is 12.2 Å². The zero-order valence-electron chi connectivity index (χ0n) is 10.9. The Morgan fingerprint density at radius 1 is 1.30 bits per heavy atom. The van der Waals surface area contributed by atoms with Gasteiger partial charge in [0.25, 0.3) is 5.91 Å². The van der Waals surface area contributed by atoms with Gasteiger partial charge in [-0.05, 0) is 30.2 Å². The van der Waals surface area contributed by atoms with Crippen LogP contribution in [0.4, 0.5) is 5.69 Å². The molecule has 1 aromatic carbocycles. The summed E-state index contributed by atoms with van der Waals surface area (Å²) in [6, 6.07) is 4.83. The zero-order valence-corrected chi connectivity index (χ0v) is 10.9. The molecule has 1 aromatic rings. The van der Waals surface area contributed by atoms with Crippen LogP contribution in [0.25, 0.3) is 0 Å². The molecule has 0 saturated carbocycles. The number of ether oxygens (including phenoxy) is 2. The Hall–Kier alpha value is -1.92. The summed E-state index contributed by atoms with van der Waals surface area (Å²) >= 11 is 0. The van der Waals surface area contributed by atoms with Crippen molar-refractivity contribution >= 4 is 17.6 Å². The van der Waals surface area contributed by atoms with Gasteiger partial charge in [0.15, 0.2) is 6.10 Å². The average molecular weight is 277 g/mol. The maximum atomic E-state index is 12.4. The van der Waals surface area contributed by atoms with E-state index in [1.165, 1.54) is 6.07 Å². The summed E-state index contributed by atoms with van der Waals surface area (Å²) in [5.74, 6) is -1.08. The van der Waals surface area contributed by atoms with Crippen molar-refractivity contribution in [3.05, 3.63) is 29.3 Å². The molecule has 6 heteroatoms. The van der Waals surface area contributed by atoms with E-state index < -0.39 is 12.1 Å². The highest BCUT2D eigenvalue weighted by atomic mass is 16.6. The van der Waals surface area contributed by atoms with Crippen LogP contribution >= 0.6 is 0 Å². The highest BCUT2D eigenvalue weighted by Crippen LogP contribution is 2.30. The first kappa shape index (κ1) is 13.1. The summed E-state index contributed by atoms with van der Waals surface area (Å²) in [6.45, 7) is 1.77. The highest BCUT2D eigenvalue weighted by Gasteiger charge is 2.32. The molecule has 1 saturated heterocycles. The molecule has 6 nitrogen and oxygen atoms in total. The van der Waals surface area contributed by atoms with Crippen LogP contribution in [0.2, 0.25) is 0 Å². The van der Waals surface area contributed by atoms with Gasteiger partial charge in [0.1, 0.15) is 0 Å². The van der Waals surface area contributed by atoms with Crippen LogP contribution in [-0.4, -0.2) is 49.5 Å². The van der Waals surface area contributed by atoms with Crippen LogP contribution in [0.15, 0.2) is 18.2 Å². The molecule has 20 heavy (non-hydrogen) atoms. The zero-order chi connectivity index (χ0) is 14.1.